The van der Waals surface area contributed by atoms with Gasteiger partial charge in [-0.05, 0) is 69.8 Å². The largest absolute Gasteiger partial charge is 0.482 e. The van der Waals surface area contributed by atoms with Crippen LogP contribution in [0.2, 0.25) is 0 Å². The molecule has 4 aromatic rings. The second-order valence-corrected chi connectivity index (χ2v) is 10.7. The highest BCUT2D eigenvalue weighted by Crippen LogP contribution is 2.37. The van der Waals surface area contributed by atoms with Gasteiger partial charge < -0.3 is 15.0 Å². The third kappa shape index (κ3) is 4.98. The lowest BCUT2D eigenvalue weighted by molar-refractivity contribution is -0.121. The summed E-state index contributed by atoms with van der Waals surface area (Å²) in [5, 5.41) is 2.63. The van der Waals surface area contributed by atoms with Crippen LogP contribution >= 0.6 is 24.0 Å². The molecule has 0 aromatic heterocycles. The van der Waals surface area contributed by atoms with Crippen molar-refractivity contribution in [3.63, 3.8) is 0 Å². The summed E-state index contributed by atoms with van der Waals surface area (Å²) in [6.07, 6.45) is 1.78. The maximum absolute atomic E-state index is 13.1. The molecule has 7 heteroatoms. The van der Waals surface area contributed by atoms with E-state index in [2.05, 4.69) is 47.8 Å². The number of anilines is 1. The smallest absolute Gasteiger partial charge is 0.265 e. The molecule has 38 heavy (non-hydrogen) atoms. The summed E-state index contributed by atoms with van der Waals surface area (Å²) in [4.78, 5) is 27.6. The van der Waals surface area contributed by atoms with Crippen LogP contribution in [0.5, 0.6) is 5.75 Å². The number of nitrogens with one attached hydrogen (secondary N) is 1. The summed E-state index contributed by atoms with van der Waals surface area (Å²) in [6, 6.07) is 32.5. The van der Waals surface area contributed by atoms with Crippen LogP contribution in [0.3, 0.4) is 0 Å². The predicted molar refractivity (Wildman–Crippen MR) is 157 cm³/mol. The molecular formula is C31H22N2O3S2. The topological polar surface area (TPSA) is 58.6 Å². The van der Waals surface area contributed by atoms with Gasteiger partial charge in [-0.3, -0.25) is 9.59 Å². The molecule has 2 aliphatic rings. The number of carbonyl (C=O) groups excluding carboxylic acids is 2. The molecule has 0 aliphatic carbocycles. The van der Waals surface area contributed by atoms with E-state index in [0.717, 1.165) is 33.4 Å². The number of carbonyl (C=O) groups is 2. The summed E-state index contributed by atoms with van der Waals surface area (Å²) in [5.74, 6) is 0.296. The summed E-state index contributed by atoms with van der Waals surface area (Å²) < 4.78 is 6.17. The molecule has 1 saturated heterocycles. The third-order valence-corrected chi connectivity index (χ3v) is 7.58. The van der Waals surface area contributed by atoms with E-state index >= 15 is 0 Å². The zero-order valence-corrected chi connectivity index (χ0v) is 21.9. The highest BCUT2D eigenvalue weighted by atomic mass is 32.2. The van der Waals surface area contributed by atoms with Crippen molar-refractivity contribution in [3.8, 4) is 28.0 Å². The molecule has 5 nitrogen and oxygen atoms in total. The van der Waals surface area contributed by atoms with Gasteiger partial charge in [-0.15, -0.1) is 0 Å². The molecule has 4 aromatic carbocycles. The van der Waals surface area contributed by atoms with Crippen LogP contribution in [0, 0.1) is 0 Å². The van der Waals surface area contributed by atoms with Crippen LogP contribution in [0.25, 0.3) is 28.3 Å². The van der Waals surface area contributed by atoms with Gasteiger partial charge in [-0.1, -0.05) is 90.7 Å². The highest BCUT2D eigenvalue weighted by Gasteiger charge is 2.27. The van der Waals surface area contributed by atoms with Crippen molar-refractivity contribution in [1.82, 2.24) is 5.32 Å². The number of hydrogen-bond acceptors (Lipinski definition) is 5. The Kier molecular flexibility index (Phi) is 6.54. The number of ether oxygens (including phenoxy) is 1. The first-order valence-corrected chi connectivity index (χ1v) is 13.3. The van der Waals surface area contributed by atoms with Crippen LogP contribution in [0.15, 0.2) is 102 Å². The maximum atomic E-state index is 13.1. The van der Waals surface area contributed by atoms with Crippen molar-refractivity contribution in [3.05, 3.63) is 113 Å². The minimum absolute atomic E-state index is 0.0239. The lowest BCUT2D eigenvalue weighted by Gasteiger charge is -2.30. The monoisotopic (exact) mass is 534 g/mol. The fraction of sp³-hybridized carbons (Fsp3) is 0.0645. The Morgan fingerprint density at radius 3 is 2.11 bits per heavy atom. The van der Waals surface area contributed by atoms with Gasteiger partial charge in [-0.25, -0.2) is 0 Å². The summed E-state index contributed by atoms with van der Waals surface area (Å²) in [7, 11) is 0. The summed E-state index contributed by atoms with van der Waals surface area (Å²) in [6.45, 7) is 0.360. The molecule has 2 aliphatic heterocycles. The van der Waals surface area contributed by atoms with Crippen molar-refractivity contribution in [2.24, 2.45) is 0 Å². The molecule has 1 fully saturated rings. The molecule has 6 rings (SSSR count). The van der Waals surface area contributed by atoms with E-state index in [1.54, 1.807) is 11.0 Å². The van der Waals surface area contributed by atoms with Gasteiger partial charge in [0.15, 0.2) is 6.61 Å². The number of thioether (sulfide) groups is 1. The van der Waals surface area contributed by atoms with Gasteiger partial charge in [0.1, 0.15) is 10.1 Å². The predicted octanol–water partition coefficient (Wildman–Crippen LogP) is 6.44. The third-order valence-electron chi connectivity index (χ3n) is 6.41. The molecule has 0 atom stereocenters. The lowest BCUT2D eigenvalue weighted by Crippen LogP contribution is -2.38. The van der Waals surface area contributed by atoms with Crippen LogP contribution in [0.1, 0.15) is 11.1 Å². The molecule has 0 bridgehead atoms. The fourth-order valence-electron chi connectivity index (χ4n) is 4.62. The first-order valence-electron chi connectivity index (χ1n) is 12.1. The van der Waals surface area contributed by atoms with Gasteiger partial charge in [0, 0.05) is 0 Å². The van der Waals surface area contributed by atoms with Crippen molar-refractivity contribution >= 4 is 51.9 Å². The Bertz CT molecular complexity index is 1540. The van der Waals surface area contributed by atoms with Crippen molar-refractivity contribution in [2.45, 2.75) is 6.54 Å². The van der Waals surface area contributed by atoms with Gasteiger partial charge in [0.05, 0.1) is 17.1 Å². The molecule has 0 radical (unpaired) electrons. The highest BCUT2D eigenvalue weighted by molar-refractivity contribution is 8.26. The quantitative estimate of drug-likeness (QED) is 0.236. The van der Waals surface area contributed by atoms with Crippen LogP contribution in [0.4, 0.5) is 5.69 Å². The summed E-state index contributed by atoms with van der Waals surface area (Å²) in [5.41, 5.74) is 6.86. The van der Waals surface area contributed by atoms with Crippen LogP contribution < -0.4 is 15.0 Å². The second-order valence-electron chi connectivity index (χ2n) is 9.00. The van der Waals surface area contributed by atoms with Gasteiger partial charge in [0.2, 0.25) is 0 Å². The zero-order valence-electron chi connectivity index (χ0n) is 20.2. The first-order chi connectivity index (χ1) is 18.5. The fourth-order valence-corrected chi connectivity index (χ4v) is 5.66. The van der Waals surface area contributed by atoms with Crippen LogP contribution in [-0.4, -0.2) is 22.7 Å². The van der Waals surface area contributed by atoms with E-state index in [-0.39, 0.29) is 18.4 Å². The number of nitrogens with zero attached hydrogens (tertiary/aromatic N) is 1. The Hall–Kier alpha value is -4.20. The molecule has 186 valence electrons. The van der Waals surface area contributed by atoms with E-state index in [4.69, 9.17) is 17.0 Å². The Morgan fingerprint density at radius 1 is 0.842 bits per heavy atom. The van der Waals surface area contributed by atoms with Crippen molar-refractivity contribution in [2.75, 3.05) is 11.5 Å². The maximum Gasteiger partial charge on any atom is 0.265 e. The van der Waals surface area contributed by atoms with Gasteiger partial charge in [-0.2, -0.15) is 0 Å². The first kappa shape index (κ1) is 24.2. The molecule has 0 unspecified atom stereocenters. The molecule has 2 heterocycles. The standard InChI is InChI=1S/C31H22N2O3S2/c34-29-19-36-27-12-11-20(16-28-30(35)32-31(37)38-28)15-26(27)33(29)18-21-13-24(22-7-3-1-4-8-22)17-25(14-21)23-9-5-2-6-10-23/h1-17H,18-19H2,(H,32,35,37). The Balaban J connectivity index is 1.39. The zero-order chi connectivity index (χ0) is 26.1. The number of hydrogen-bond donors (Lipinski definition) is 1. The Labute approximate surface area is 230 Å². The number of benzene rings is 4. The van der Waals surface area contributed by atoms with Crippen molar-refractivity contribution in [1.29, 1.82) is 0 Å². The Morgan fingerprint density at radius 2 is 1.50 bits per heavy atom. The minimum atomic E-state index is -0.215. The second kappa shape index (κ2) is 10.3. The average molecular weight is 535 g/mol. The van der Waals surface area contributed by atoms with Crippen LogP contribution in [-0.2, 0) is 16.1 Å². The molecule has 1 N–H and O–H groups in total. The number of amides is 2. The minimum Gasteiger partial charge on any atom is -0.482 e. The normalized spacial score (nSPS) is 15.8. The molecule has 0 spiro atoms. The van der Waals surface area contributed by atoms with E-state index in [0.29, 0.717) is 27.2 Å². The van der Waals surface area contributed by atoms with E-state index in [1.807, 2.05) is 54.6 Å². The molecule has 2 amide bonds. The van der Waals surface area contributed by atoms with Gasteiger partial charge >= 0.3 is 0 Å². The summed E-state index contributed by atoms with van der Waals surface area (Å²) >= 11 is 6.33. The molecular weight excluding hydrogens is 512 g/mol. The van der Waals surface area contributed by atoms with Crippen molar-refractivity contribution < 1.29 is 14.3 Å². The average Bonchev–Trinajstić information content (AvgIpc) is 3.27. The lowest BCUT2D eigenvalue weighted by atomic mass is 9.95. The SMILES string of the molecule is O=C1NC(=S)SC1=Cc1ccc2c(c1)N(Cc1cc(-c3ccccc3)cc(-c3ccccc3)c1)C(=O)CO2. The van der Waals surface area contributed by atoms with E-state index < -0.39 is 0 Å². The van der Waals surface area contributed by atoms with E-state index in [1.165, 1.54) is 11.8 Å². The van der Waals surface area contributed by atoms with Gasteiger partial charge in [0.25, 0.3) is 11.8 Å². The van der Waals surface area contributed by atoms with E-state index in [9.17, 15) is 9.59 Å². The molecule has 0 saturated carbocycles. The number of fused-ring (bicyclic) bond motifs is 1. The number of thiocarbonyl (C=S) groups is 1. The number of rotatable bonds is 5.